The molecule has 1 aliphatic rings. The molecule has 0 atom stereocenters. The number of nitrogens with one attached hydrogen (secondary N) is 1. The topological polar surface area (TPSA) is 82.1 Å². The van der Waals surface area contributed by atoms with E-state index in [9.17, 15) is 13.2 Å². The number of piperazine rings is 1. The monoisotopic (exact) mass is 420 g/mol. The highest BCUT2D eigenvalue weighted by Gasteiger charge is 2.28. The molecular weight excluding hydrogens is 396 g/mol. The van der Waals surface area contributed by atoms with Gasteiger partial charge in [-0.05, 0) is 37.4 Å². The Morgan fingerprint density at radius 2 is 1.82 bits per heavy atom. The van der Waals surface area contributed by atoms with Gasteiger partial charge in [0.05, 0.1) is 17.2 Å². The van der Waals surface area contributed by atoms with Crippen LogP contribution in [0.15, 0.2) is 51.8 Å². The number of carbonyl (C=O) groups is 1. The first-order chi connectivity index (χ1) is 13.4. The number of hydrazone groups is 1. The van der Waals surface area contributed by atoms with E-state index in [-0.39, 0.29) is 12.5 Å². The third-order valence-electron chi connectivity index (χ3n) is 4.58. The first-order valence-electron chi connectivity index (χ1n) is 9.02. The number of carbonyl (C=O) groups excluding carboxylic acids is 1. The van der Waals surface area contributed by atoms with E-state index in [0.717, 1.165) is 16.2 Å². The Bertz CT molecular complexity index is 930. The molecule has 1 N–H and O–H groups in total. The summed E-state index contributed by atoms with van der Waals surface area (Å²) in [5.41, 5.74) is 4.35. The van der Waals surface area contributed by atoms with Crippen molar-refractivity contribution in [3.63, 3.8) is 0 Å². The van der Waals surface area contributed by atoms with Crippen LogP contribution >= 0.6 is 11.3 Å². The molecule has 2 aromatic rings. The van der Waals surface area contributed by atoms with Crippen molar-refractivity contribution < 1.29 is 13.2 Å². The summed E-state index contributed by atoms with van der Waals surface area (Å²) >= 11 is 1.56. The van der Waals surface area contributed by atoms with Gasteiger partial charge in [0.15, 0.2) is 0 Å². The van der Waals surface area contributed by atoms with Crippen LogP contribution in [0.5, 0.6) is 0 Å². The number of sulfonamides is 1. The number of amides is 1. The Balaban J connectivity index is 1.50. The molecule has 0 saturated carbocycles. The molecule has 150 valence electrons. The second kappa shape index (κ2) is 8.95. The molecule has 1 aromatic carbocycles. The smallest absolute Gasteiger partial charge is 0.254 e. The number of thiophene rings is 1. The minimum Gasteiger partial charge on any atom is -0.292 e. The fourth-order valence-electron chi connectivity index (χ4n) is 2.91. The molecular formula is C19H24N4O3S2. The Hall–Kier alpha value is -2.07. The molecule has 7 nitrogen and oxygen atoms in total. The summed E-state index contributed by atoms with van der Waals surface area (Å²) in [6, 6.07) is 10.8. The van der Waals surface area contributed by atoms with Crippen LogP contribution in [-0.4, -0.2) is 62.0 Å². The highest BCUT2D eigenvalue weighted by molar-refractivity contribution is 7.89. The zero-order chi connectivity index (χ0) is 20.1. The maximum Gasteiger partial charge on any atom is 0.254 e. The van der Waals surface area contributed by atoms with Crippen LogP contribution in [0.1, 0.15) is 17.4 Å². The predicted molar refractivity (Wildman–Crippen MR) is 111 cm³/mol. The van der Waals surface area contributed by atoms with E-state index in [0.29, 0.717) is 31.1 Å². The fourth-order valence-corrected chi connectivity index (χ4v) is 5.01. The van der Waals surface area contributed by atoms with Crippen molar-refractivity contribution in [3.05, 3.63) is 52.2 Å². The van der Waals surface area contributed by atoms with E-state index >= 15 is 0 Å². The second-order valence-corrected chi connectivity index (χ2v) is 9.59. The summed E-state index contributed by atoms with van der Waals surface area (Å²) in [5.74, 6) is -0.203. The molecule has 0 aliphatic carbocycles. The van der Waals surface area contributed by atoms with Crippen molar-refractivity contribution in [2.45, 2.75) is 18.7 Å². The first kappa shape index (κ1) is 20.7. The lowest BCUT2D eigenvalue weighted by molar-refractivity contribution is -0.122. The van der Waals surface area contributed by atoms with Crippen molar-refractivity contribution in [1.29, 1.82) is 0 Å². The highest BCUT2D eigenvalue weighted by atomic mass is 32.2. The normalized spacial score (nSPS) is 16.9. The van der Waals surface area contributed by atoms with Gasteiger partial charge in [-0.2, -0.15) is 9.41 Å². The molecule has 3 rings (SSSR count). The third-order valence-corrected chi connectivity index (χ3v) is 7.47. The fraction of sp³-hybridized carbons (Fsp3) is 0.368. The average Bonchev–Trinajstić information content (AvgIpc) is 3.22. The molecule has 1 fully saturated rings. The molecule has 1 aliphatic heterocycles. The van der Waals surface area contributed by atoms with E-state index < -0.39 is 10.0 Å². The van der Waals surface area contributed by atoms with Crippen LogP contribution < -0.4 is 5.43 Å². The maximum absolute atomic E-state index is 12.7. The van der Waals surface area contributed by atoms with Crippen LogP contribution in [0.3, 0.4) is 0 Å². The number of nitrogens with zero attached hydrogens (tertiary/aromatic N) is 3. The lowest BCUT2D eigenvalue weighted by Gasteiger charge is -2.33. The van der Waals surface area contributed by atoms with E-state index in [1.807, 2.05) is 36.3 Å². The lowest BCUT2D eigenvalue weighted by Crippen LogP contribution is -2.50. The Morgan fingerprint density at radius 3 is 2.43 bits per heavy atom. The number of hydrogen-bond acceptors (Lipinski definition) is 6. The molecule has 1 amide bonds. The summed E-state index contributed by atoms with van der Waals surface area (Å²) in [6.07, 6.45) is 0. The van der Waals surface area contributed by atoms with Crippen molar-refractivity contribution in [1.82, 2.24) is 14.6 Å². The van der Waals surface area contributed by atoms with Crippen LogP contribution in [0.4, 0.5) is 0 Å². The summed E-state index contributed by atoms with van der Waals surface area (Å²) in [6.45, 7) is 5.70. The van der Waals surface area contributed by atoms with Crippen molar-refractivity contribution in [2.75, 3.05) is 32.7 Å². The summed E-state index contributed by atoms with van der Waals surface area (Å²) in [7, 11) is -3.49. The van der Waals surface area contributed by atoms with Gasteiger partial charge in [0, 0.05) is 31.1 Å². The summed E-state index contributed by atoms with van der Waals surface area (Å²) < 4.78 is 26.9. The molecule has 2 heterocycles. The highest BCUT2D eigenvalue weighted by Crippen LogP contribution is 2.18. The van der Waals surface area contributed by atoms with Gasteiger partial charge in [-0.15, -0.1) is 11.3 Å². The summed E-state index contributed by atoms with van der Waals surface area (Å²) in [5, 5.41) is 6.09. The quantitative estimate of drug-likeness (QED) is 0.572. The minimum atomic E-state index is -3.49. The van der Waals surface area contributed by atoms with Gasteiger partial charge in [-0.3, -0.25) is 9.69 Å². The van der Waals surface area contributed by atoms with Crippen LogP contribution in [-0.2, 0) is 14.8 Å². The lowest BCUT2D eigenvalue weighted by atomic mass is 10.2. The number of hydrogen-bond donors (Lipinski definition) is 1. The molecule has 28 heavy (non-hydrogen) atoms. The number of benzene rings is 1. The van der Waals surface area contributed by atoms with Gasteiger partial charge in [0.1, 0.15) is 0 Å². The Labute approximate surface area is 169 Å². The minimum absolute atomic E-state index is 0.194. The Morgan fingerprint density at radius 1 is 1.14 bits per heavy atom. The van der Waals surface area contributed by atoms with Gasteiger partial charge in [-0.1, -0.05) is 23.8 Å². The standard InChI is InChI=1S/C19H24N4O3S2/c1-15-5-7-17(8-6-15)28(25,26)23-11-9-22(10-12-23)14-19(24)21-20-16(2)18-4-3-13-27-18/h3-8,13H,9-12,14H2,1-2H3,(H,21,24)/b20-16-. The van der Waals surface area contributed by atoms with E-state index in [1.54, 1.807) is 35.6 Å². The van der Waals surface area contributed by atoms with E-state index in [1.165, 1.54) is 4.31 Å². The second-order valence-electron chi connectivity index (χ2n) is 6.70. The molecule has 0 unspecified atom stereocenters. The van der Waals surface area contributed by atoms with Crippen molar-refractivity contribution >= 4 is 33.0 Å². The molecule has 0 radical (unpaired) electrons. The molecule has 0 spiro atoms. The molecule has 1 saturated heterocycles. The van der Waals surface area contributed by atoms with Gasteiger partial charge >= 0.3 is 0 Å². The summed E-state index contributed by atoms with van der Waals surface area (Å²) in [4.78, 5) is 15.4. The number of aryl methyl sites for hydroxylation is 1. The number of rotatable bonds is 6. The van der Waals surface area contributed by atoms with E-state index in [2.05, 4.69) is 10.5 Å². The molecule has 0 bridgehead atoms. The van der Waals surface area contributed by atoms with Crippen molar-refractivity contribution in [2.24, 2.45) is 5.10 Å². The van der Waals surface area contributed by atoms with Gasteiger partial charge < -0.3 is 0 Å². The van der Waals surface area contributed by atoms with Gasteiger partial charge in [0.2, 0.25) is 10.0 Å². The predicted octanol–water partition coefficient (Wildman–Crippen LogP) is 1.90. The zero-order valence-corrected chi connectivity index (χ0v) is 17.6. The van der Waals surface area contributed by atoms with Gasteiger partial charge in [-0.25, -0.2) is 13.8 Å². The van der Waals surface area contributed by atoms with Gasteiger partial charge in [0.25, 0.3) is 5.91 Å². The Kier molecular flexibility index (Phi) is 6.61. The van der Waals surface area contributed by atoms with Crippen LogP contribution in [0, 0.1) is 6.92 Å². The third kappa shape index (κ3) is 5.05. The largest absolute Gasteiger partial charge is 0.292 e. The van der Waals surface area contributed by atoms with Crippen LogP contribution in [0.2, 0.25) is 0 Å². The maximum atomic E-state index is 12.7. The van der Waals surface area contributed by atoms with Crippen LogP contribution in [0.25, 0.3) is 0 Å². The molecule has 9 heteroatoms. The zero-order valence-electron chi connectivity index (χ0n) is 16.0. The first-order valence-corrected chi connectivity index (χ1v) is 11.3. The average molecular weight is 421 g/mol. The molecule has 1 aromatic heterocycles. The van der Waals surface area contributed by atoms with Crippen molar-refractivity contribution in [3.8, 4) is 0 Å². The SMILES string of the molecule is C/C(=N/NC(=O)CN1CCN(S(=O)(=O)c2ccc(C)cc2)CC1)c1cccs1. The van der Waals surface area contributed by atoms with E-state index in [4.69, 9.17) is 0 Å².